The van der Waals surface area contributed by atoms with Crippen molar-refractivity contribution in [1.82, 2.24) is 0 Å². The molecule has 5 nitrogen and oxygen atoms in total. The number of carbonyl (C=O) groups is 1. The first kappa shape index (κ1) is 11.6. The molecule has 0 saturated heterocycles. The average Bonchev–Trinajstić information content (AvgIpc) is 2.75. The zero-order valence-electron chi connectivity index (χ0n) is 9.60. The molecule has 1 unspecified atom stereocenters. The summed E-state index contributed by atoms with van der Waals surface area (Å²) in [4.78, 5) is 21.3. The van der Waals surface area contributed by atoms with Crippen molar-refractivity contribution >= 4 is 12.0 Å². The zero-order chi connectivity index (χ0) is 12.4. The minimum absolute atomic E-state index is 0.300. The van der Waals surface area contributed by atoms with E-state index in [1.54, 1.807) is 13.0 Å². The quantitative estimate of drug-likeness (QED) is 0.488. The van der Waals surface area contributed by atoms with E-state index in [1.165, 1.54) is 0 Å². The maximum absolute atomic E-state index is 11.0. The van der Waals surface area contributed by atoms with Crippen LogP contribution in [-0.2, 0) is 12.8 Å². The molecule has 1 aromatic rings. The molecule has 0 spiro atoms. The largest absolute Gasteiger partial charge is 0.384 e. The van der Waals surface area contributed by atoms with Gasteiger partial charge in [-0.05, 0) is 23.6 Å². The van der Waals surface area contributed by atoms with Crippen molar-refractivity contribution in [2.45, 2.75) is 25.8 Å². The molecule has 1 N–H and O–H groups in total. The van der Waals surface area contributed by atoms with Gasteiger partial charge >= 0.3 is 0 Å². The Hall–Kier alpha value is -1.91. The molecule has 0 aliphatic carbocycles. The zero-order valence-corrected chi connectivity index (χ0v) is 9.60. The highest BCUT2D eigenvalue weighted by Crippen LogP contribution is 2.27. The van der Waals surface area contributed by atoms with E-state index in [0.717, 1.165) is 36.1 Å². The van der Waals surface area contributed by atoms with E-state index in [9.17, 15) is 14.9 Å². The highest BCUT2D eigenvalue weighted by atomic mass is 16.6. The number of nitrogens with one attached hydrogen (secondary N) is 1. The number of anilines is 1. The lowest BCUT2D eigenvalue weighted by atomic mass is 9.99. The van der Waals surface area contributed by atoms with E-state index in [1.807, 2.05) is 6.07 Å². The third kappa shape index (κ3) is 2.27. The Morgan fingerprint density at radius 3 is 3.00 bits per heavy atom. The summed E-state index contributed by atoms with van der Waals surface area (Å²) in [6, 6.07) is 3.08. The van der Waals surface area contributed by atoms with Crippen LogP contribution in [0.5, 0.6) is 0 Å². The average molecular weight is 234 g/mol. The lowest BCUT2D eigenvalue weighted by molar-refractivity contribution is -0.517. The molecule has 1 atom stereocenters. The Bertz CT molecular complexity index is 471. The number of rotatable bonds is 4. The molecule has 0 saturated carbocycles. The second kappa shape index (κ2) is 4.53. The van der Waals surface area contributed by atoms with Gasteiger partial charge in [0.15, 0.2) is 6.29 Å². The van der Waals surface area contributed by atoms with Gasteiger partial charge in [0.1, 0.15) is 0 Å². The fourth-order valence-electron chi connectivity index (χ4n) is 2.16. The molecular formula is C12H14N2O3. The van der Waals surface area contributed by atoms with Crippen LogP contribution in [0, 0.1) is 10.1 Å². The predicted octanol–water partition coefficient (Wildman–Crippen LogP) is 1.67. The summed E-state index contributed by atoms with van der Waals surface area (Å²) in [6.07, 6.45) is 2.04. The number of hydrogen-bond acceptors (Lipinski definition) is 4. The van der Waals surface area contributed by atoms with Gasteiger partial charge < -0.3 is 5.32 Å². The van der Waals surface area contributed by atoms with Crippen molar-refractivity contribution in [2.24, 2.45) is 0 Å². The molecule has 0 aromatic heterocycles. The second-order valence-electron chi connectivity index (χ2n) is 4.35. The van der Waals surface area contributed by atoms with Crippen molar-refractivity contribution in [3.05, 3.63) is 38.9 Å². The van der Waals surface area contributed by atoms with E-state index in [2.05, 4.69) is 5.32 Å². The molecule has 1 aliphatic rings. The Labute approximate surface area is 99.0 Å². The molecule has 2 rings (SSSR count). The summed E-state index contributed by atoms with van der Waals surface area (Å²) in [7, 11) is 0. The van der Waals surface area contributed by atoms with Crippen molar-refractivity contribution in [2.75, 3.05) is 11.9 Å². The first-order valence-corrected chi connectivity index (χ1v) is 5.60. The summed E-state index contributed by atoms with van der Waals surface area (Å²) >= 11 is 0. The SMILES string of the molecule is CC(Cc1cc(C=O)c2c(c1)CCN2)[N+](=O)[O-]. The van der Waals surface area contributed by atoms with Gasteiger partial charge in [0.05, 0.1) is 0 Å². The fraction of sp³-hybridized carbons (Fsp3) is 0.417. The maximum atomic E-state index is 11.0. The molecule has 0 radical (unpaired) electrons. The summed E-state index contributed by atoms with van der Waals surface area (Å²) in [5.41, 5.74) is 3.43. The van der Waals surface area contributed by atoms with Crippen LogP contribution in [0.4, 0.5) is 5.69 Å². The van der Waals surface area contributed by atoms with Crippen LogP contribution < -0.4 is 5.32 Å². The molecule has 1 aliphatic heterocycles. The molecule has 5 heteroatoms. The highest BCUT2D eigenvalue weighted by Gasteiger charge is 2.19. The Morgan fingerprint density at radius 2 is 2.35 bits per heavy atom. The van der Waals surface area contributed by atoms with Gasteiger partial charge in [-0.1, -0.05) is 6.07 Å². The van der Waals surface area contributed by atoms with Crippen molar-refractivity contribution in [3.63, 3.8) is 0 Å². The number of aldehydes is 1. The van der Waals surface area contributed by atoms with Gasteiger partial charge in [0.25, 0.3) is 0 Å². The molecule has 0 bridgehead atoms. The second-order valence-corrected chi connectivity index (χ2v) is 4.35. The van der Waals surface area contributed by atoms with Crippen LogP contribution >= 0.6 is 0 Å². The van der Waals surface area contributed by atoms with Gasteiger partial charge in [0, 0.05) is 36.1 Å². The molecular weight excluding hydrogens is 220 g/mol. The van der Waals surface area contributed by atoms with Crippen molar-refractivity contribution < 1.29 is 9.72 Å². The Kier molecular flexibility index (Phi) is 3.08. The number of carbonyl (C=O) groups excluding carboxylic acids is 1. The Balaban J connectivity index is 2.30. The standard InChI is InChI=1S/C12H14N2O3/c1-8(14(16)17)4-9-5-10-2-3-13-12(10)11(6-9)7-15/h5-8,13H,2-4H2,1H3. The van der Waals surface area contributed by atoms with E-state index >= 15 is 0 Å². The number of nitro groups is 1. The number of nitrogens with zero attached hydrogens (tertiary/aromatic N) is 1. The topological polar surface area (TPSA) is 72.2 Å². The van der Waals surface area contributed by atoms with Crippen LogP contribution in [0.2, 0.25) is 0 Å². The van der Waals surface area contributed by atoms with Gasteiger partial charge in [-0.2, -0.15) is 0 Å². The van der Waals surface area contributed by atoms with E-state index < -0.39 is 6.04 Å². The number of hydrogen-bond donors (Lipinski definition) is 1. The van der Waals surface area contributed by atoms with Gasteiger partial charge in [0.2, 0.25) is 6.04 Å². The van der Waals surface area contributed by atoms with Crippen LogP contribution in [0.1, 0.15) is 28.4 Å². The number of fused-ring (bicyclic) bond motifs is 1. The molecule has 0 amide bonds. The third-order valence-corrected chi connectivity index (χ3v) is 3.02. The summed E-state index contributed by atoms with van der Waals surface area (Å²) in [5.74, 6) is 0. The fourth-order valence-corrected chi connectivity index (χ4v) is 2.16. The summed E-state index contributed by atoms with van der Waals surface area (Å²) < 4.78 is 0. The normalized spacial score (nSPS) is 14.9. The van der Waals surface area contributed by atoms with E-state index in [4.69, 9.17) is 0 Å². The summed E-state index contributed by atoms with van der Waals surface area (Å²) in [5, 5.41) is 13.8. The lowest BCUT2D eigenvalue weighted by Crippen LogP contribution is -2.18. The molecule has 0 fully saturated rings. The van der Waals surface area contributed by atoms with Crippen LogP contribution in [-0.4, -0.2) is 23.8 Å². The maximum Gasteiger partial charge on any atom is 0.214 e. The molecule has 1 aromatic carbocycles. The first-order chi connectivity index (χ1) is 8.11. The van der Waals surface area contributed by atoms with E-state index in [-0.39, 0.29) is 4.92 Å². The molecule has 1 heterocycles. The van der Waals surface area contributed by atoms with Crippen LogP contribution in [0.3, 0.4) is 0 Å². The minimum atomic E-state index is -0.623. The van der Waals surface area contributed by atoms with Gasteiger partial charge in [-0.15, -0.1) is 0 Å². The van der Waals surface area contributed by atoms with Crippen LogP contribution in [0.15, 0.2) is 12.1 Å². The Morgan fingerprint density at radius 1 is 1.59 bits per heavy atom. The number of benzene rings is 1. The van der Waals surface area contributed by atoms with Crippen molar-refractivity contribution in [3.8, 4) is 0 Å². The lowest BCUT2D eigenvalue weighted by Gasteiger charge is -2.09. The smallest absolute Gasteiger partial charge is 0.214 e. The highest BCUT2D eigenvalue weighted by molar-refractivity contribution is 5.87. The summed E-state index contributed by atoms with van der Waals surface area (Å²) in [6.45, 7) is 2.40. The molecule has 17 heavy (non-hydrogen) atoms. The monoisotopic (exact) mass is 234 g/mol. The van der Waals surface area contributed by atoms with E-state index in [0.29, 0.717) is 12.0 Å². The molecule has 90 valence electrons. The third-order valence-electron chi connectivity index (χ3n) is 3.02. The van der Waals surface area contributed by atoms with Gasteiger partial charge in [-0.25, -0.2) is 0 Å². The predicted molar refractivity (Wildman–Crippen MR) is 64.2 cm³/mol. The van der Waals surface area contributed by atoms with Gasteiger partial charge in [-0.3, -0.25) is 14.9 Å². The van der Waals surface area contributed by atoms with Crippen molar-refractivity contribution in [1.29, 1.82) is 0 Å². The minimum Gasteiger partial charge on any atom is -0.384 e. The first-order valence-electron chi connectivity index (χ1n) is 5.60. The van der Waals surface area contributed by atoms with Crippen LogP contribution in [0.25, 0.3) is 0 Å².